The zero-order chi connectivity index (χ0) is 9.80. The molecule has 0 fully saturated rings. The van der Waals surface area contributed by atoms with Crippen LogP contribution in [0, 0.1) is 0 Å². The first-order valence-electron chi connectivity index (χ1n) is 4.21. The Kier molecular flexibility index (Phi) is 2.40. The molecule has 0 atom stereocenters. The van der Waals surface area contributed by atoms with Gasteiger partial charge < -0.3 is 9.30 Å². The summed E-state index contributed by atoms with van der Waals surface area (Å²) in [6.07, 6.45) is 6.70. The van der Waals surface area contributed by atoms with Gasteiger partial charge in [-0.1, -0.05) is 0 Å². The van der Waals surface area contributed by atoms with Crippen molar-refractivity contribution in [2.75, 3.05) is 0 Å². The van der Waals surface area contributed by atoms with E-state index in [1.165, 1.54) is 6.33 Å². The highest BCUT2D eigenvalue weighted by molar-refractivity contribution is 5.05. The number of aryl methyl sites for hydroxylation is 1. The van der Waals surface area contributed by atoms with Crippen molar-refractivity contribution in [3.05, 3.63) is 36.8 Å². The Labute approximate surface area is 81.4 Å². The maximum atomic E-state index is 5.40. The number of nitrogens with zero attached hydrogens (tertiary/aromatic N) is 4. The van der Waals surface area contributed by atoms with Crippen LogP contribution in [0.3, 0.4) is 0 Å². The van der Waals surface area contributed by atoms with E-state index in [9.17, 15) is 0 Å². The van der Waals surface area contributed by atoms with Gasteiger partial charge in [-0.2, -0.15) is 0 Å². The van der Waals surface area contributed by atoms with Crippen molar-refractivity contribution >= 4 is 0 Å². The van der Waals surface area contributed by atoms with Crippen LogP contribution in [0.5, 0.6) is 5.88 Å². The molecule has 0 saturated heterocycles. The molecular formula is C9H10N4O. The Morgan fingerprint density at radius 2 is 2.29 bits per heavy atom. The van der Waals surface area contributed by atoms with Gasteiger partial charge in [0.2, 0.25) is 5.88 Å². The predicted molar refractivity (Wildman–Crippen MR) is 49.6 cm³/mol. The summed E-state index contributed by atoms with van der Waals surface area (Å²) in [5, 5.41) is 0. The Morgan fingerprint density at radius 1 is 1.36 bits per heavy atom. The van der Waals surface area contributed by atoms with Gasteiger partial charge in [0, 0.05) is 31.7 Å². The van der Waals surface area contributed by atoms with E-state index >= 15 is 0 Å². The van der Waals surface area contributed by atoms with E-state index in [1.807, 2.05) is 17.8 Å². The highest BCUT2D eigenvalue weighted by atomic mass is 16.5. The van der Waals surface area contributed by atoms with Gasteiger partial charge in [0.1, 0.15) is 18.8 Å². The van der Waals surface area contributed by atoms with E-state index in [4.69, 9.17) is 4.74 Å². The fraction of sp³-hybridized carbons (Fsp3) is 0.222. The number of ether oxygens (including phenoxy) is 1. The lowest BCUT2D eigenvalue weighted by Crippen LogP contribution is -2.03. The summed E-state index contributed by atoms with van der Waals surface area (Å²) in [5.41, 5.74) is 0. The van der Waals surface area contributed by atoms with Crippen LogP contribution in [0.1, 0.15) is 5.82 Å². The normalized spacial score (nSPS) is 10.1. The SMILES string of the molecule is Cn1ccnc1COc1ccncn1. The van der Waals surface area contributed by atoms with E-state index in [0.29, 0.717) is 12.5 Å². The van der Waals surface area contributed by atoms with Crippen molar-refractivity contribution < 1.29 is 4.74 Å². The van der Waals surface area contributed by atoms with Gasteiger partial charge in [-0.25, -0.2) is 15.0 Å². The van der Waals surface area contributed by atoms with E-state index < -0.39 is 0 Å². The topological polar surface area (TPSA) is 52.8 Å². The maximum Gasteiger partial charge on any atom is 0.216 e. The number of imidazole rings is 1. The van der Waals surface area contributed by atoms with Crippen molar-refractivity contribution in [1.29, 1.82) is 0 Å². The molecule has 0 aromatic carbocycles. The second-order valence-corrected chi connectivity index (χ2v) is 2.79. The second-order valence-electron chi connectivity index (χ2n) is 2.79. The molecule has 72 valence electrons. The summed E-state index contributed by atoms with van der Waals surface area (Å²) >= 11 is 0. The summed E-state index contributed by atoms with van der Waals surface area (Å²) < 4.78 is 7.30. The molecule has 5 nitrogen and oxygen atoms in total. The van der Waals surface area contributed by atoms with Crippen LogP contribution >= 0.6 is 0 Å². The van der Waals surface area contributed by atoms with Gasteiger partial charge in [-0.15, -0.1) is 0 Å². The smallest absolute Gasteiger partial charge is 0.216 e. The van der Waals surface area contributed by atoms with Crippen molar-refractivity contribution in [3.63, 3.8) is 0 Å². The molecule has 0 spiro atoms. The summed E-state index contributed by atoms with van der Waals surface area (Å²) in [7, 11) is 1.92. The molecule has 0 N–H and O–H groups in total. The van der Waals surface area contributed by atoms with E-state index in [-0.39, 0.29) is 0 Å². The van der Waals surface area contributed by atoms with Crippen LogP contribution in [0.4, 0.5) is 0 Å². The quantitative estimate of drug-likeness (QED) is 0.718. The zero-order valence-electron chi connectivity index (χ0n) is 7.79. The molecule has 0 aliphatic rings. The Balaban J connectivity index is 1.99. The lowest BCUT2D eigenvalue weighted by atomic mass is 10.6. The molecular weight excluding hydrogens is 180 g/mol. The fourth-order valence-corrected chi connectivity index (χ4v) is 1.04. The molecule has 0 radical (unpaired) electrons. The molecule has 2 heterocycles. The Bertz CT molecular complexity index is 398. The molecule has 2 aromatic rings. The van der Waals surface area contributed by atoms with E-state index in [1.54, 1.807) is 18.5 Å². The first-order valence-corrected chi connectivity index (χ1v) is 4.21. The molecule has 14 heavy (non-hydrogen) atoms. The van der Waals surface area contributed by atoms with Crippen LogP contribution in [0.2, 0.25) is 0 Å². The minimum atomic E-state index is 0.417. The highest BCUT2D eigenvalue weighted by Gasteiger charge is 2.00. The molecule has 2 aromatic heterocycles. The van der Waals surface area contributed by atoms with Crippen molar-refractivity contribution in [2.24, 2.45) is 7.05 Å². The van der Waals surface area contributed by atoms with Gasteiger partial charge in [-0.05, 0) is 0 Å². The standard InChI is InChI=1S/C9H10N4O/c1-13-5-4-11-8(13)6-14-9-2-3-10-7-12-9/h2-5,7H,6H2,1H3. The van der Waals surface area contributed by atoms with Crippen LogP contribution in [-0.4, -0.2) is 19.5 Å². The van der Waals surface area contributed by atoms with E-state index in [2.05, 4.69) is 15.0 Å². The first-order chi connectivity index (χ1) is 6.86. The van der Waals surface area contributed by atoms with Crippen LogP contribution < -0.4 is 4.74 Å². The number of hydrogen-bond acceptors (Lipinski definition) is 4. The van der Waals surface area contributed by atoms with Gasteiger partial charge >= 0.3 is 0 Å². The van der Waals surface area contributed by atoms with Crippen LogP contribution in [0.25, 0.3) is 0 Å². The van der Waals surface area contributed by atoms with Gasteiger partial charge in [0.15, 0.2) is 0 Å². The molecule has 0 aliphatic heterocycles. The average molecular weight is 190 g/mol. The predicted octanol–water partition coefficient (Wildman–Crippen LogP) is 0.789. The summed E-state index contributed by atoms with van der Waals surface area (Å²) in [6, 6.07) is 1.71. The molecule has 0 unspecified atom stereocenters. The second kappa shape index (κ2) is 3.87. The minimum absolute atomic E-state index is 0.417. The van der Waals surface area contributed by atoms with Gasteiger partial charge in [0.05, 0.1) is 0 Å². The lowest BCUT2D eigenvalue weighted by molar-refractivity contribution is 0.280. The monoisotopic (exact) mass is 190 g/mol. The molecule has 0 bridgehead atoms. The summed E-state index contributed by atoms with van der Waals surface area (Å²) in [5.74, 6) is 1.42. The summed E-state index contributed by atoms with van der Waals surface area (Å²) in [6.45, 7) is 0.417. The molecule has 2 rings (SSSR count). The molecule has 0 aliphatic carbocycles. The van der Waals surface area contributed by atoms with Crippen molar-refractivity contribution in [3.8, 4) is 5.88 Å². The number of hydrogen-bond donors (Lipinski definition) is 0. The summed E-state index contributed by atoms with van der Waals surface area (Å²) in [4.78, 5) is 11.9. The lowest BCUT2D eigenvalue weighted by Gasteiger charge is -2.03. The van der Waals surface area contributed by atoms with Crippen LogP contribution in [-0.2, 0) is 13.7 Å². The van der Waals surface area contributed by atoms with Crippen LogP contribution in [0.15, 0.2) is 31.0 Å². The van der Waals surface area contributed by atoms with Crippen molar-refractivity contribution in [2.45, 2.75) is 6.61 Å². The fourth-order valence-electron chi connectivity index (χ4n) is 1.04. The maximum absolute atomic E-state index is 5.40. The van der Waals surface area contributed by atoms with Gasteiger partial charge in [-0.3, -0.25) is 0 Å². The molecule has 0 amide bonds. The number of rotatable bonds is 3. The van der Waals surface area contributed by atoms with Gasteiger partial charge in [0.25, 0.3) is 0 Å². The minimum Gasteiger partial charge on any atom is -0.469 e. The third-order valence-corrected chi connectivity index (χ3v) is 1.82. The Morgan fingerprint density at radius 3 is 2.93 bits per heavy atom. The third-order valence-electron chi connectivity index (χ3n) is 1.82. The molecule has 0 saturated carbocycles. The molecule has 5 heteroatoms. The average Bonchev–Trinajstić information content (AvgIpc) is 2.63. The Hall–Kier alpha value is -1.91. The van der Waals surface area contributed by atoms with E-state index in [0.717, 1.165) is 5.82 Å². The third kappa shape index (κ3) is 1.87. The highest BCUT2D eigenvalue weighted by Crippen LogP contribution is 2.05. The zero-order valence-corrected chi connectivity index (χ0v) is 7.79. The number of aromatic nitrogens is 4. The first kappa shape index (κ1) is 8.68. The largest absolute Gasteiger partial charge is 0.469 e. The van der Waals surface area contributed by atoms with Crippen molar-refractivity contribution in [1.82, 2.24) is 19.5 Å².